The molecule has 0 spiro atoms. The molecule has 3 heterocycles. The monoisotopic (exact) mass is 969 g/mol. The van der Waals surface area contributed by atoms with E-state index in [0.29, 0.717) is 32.2 Å². The fraction of sp³-hybridized carbons (Fsp3) is 0.293. The predicted molar refractivity (Wildman–Crippen MR) is 246 cm³/mol. The number of Topliss-reactive ketones (excluding diaryl/α,β-unsaturated/α-hetero) is 3. The second-order valence-corrected chi connectivity index (χ2v) is 16.6. The molecule has 0 aliphatic heterocycles. The van der Waals surface area contributed by atoms with Gasteiger partial charge in [-0.3, -0.25) is 24.0 Å². The van der Waals surface area contributed by atoms with Crippen LogP contribution in [0.5, 0.6) is 34.5 Å². The summed E-state index contributed by atoms with van der Waals surface area (Å²) in [5, 5.41) is 80.0. The average Bonchev–Trinajstić information content (AvgIpc) is 4.01. The molecular formula is C41H51N11O11S3. The number of carbonyl (C=O) groups is 5. The molecule has 2 amide bonds. The van der Waals surface area contributed by atoms with Crippen molar-refractivity contribution in [2.45, 2.75) is 29.3 Å². The molecule has 6 aromatic rings. The van der Waals surface area contributed by atoms with Gasteiger partial charge in [0.1, 0.15) is 19.0 Å². The van der Waals surface area contributed by atoms with Crippen LogP contribution in [0, 0.1) is 0 Å². The molecule has 25 heteroatoms. The summed E-state index contributed by atoms with van der Waals surface area (Å²) in [5.74, 6) is -1.34. The standard InChI is InChI=1S/3C11H11N3O3S.2C4H9NO/c3*1-14-6-12-13-11(14)18-5-10(17)7-2-3-8(15)9(16)4-7;2*1-4(6)5(2)3/h3*2-4,6,15-16H,5H2,1H3;2*1-3H3. The maximum Gasteiger partial charge on any atom is 0.218 e. The molecule has 3 aromatic carbocycles. The molecule has 66 heavy (non-hydrogen) atoms. The summed E-state index contributed by atoms with van der Waals surface area (Å²) in [5.41, 5.74) is 1.04. The van der Waals surface area contributed by atoms with Crippen molar-refractivity contribution in [2.75, 3.05) is 45.4 Å². The van der Waals surface area contributed by atoms with Gasteiger partial charge in [-0.15, -0.1) is 30.6 Å². The highest BCUT2D eigenvalue weighted by Crippen LogP contribution is 2.28. The lowest BCUT2D eigenvalue weighted by Gasteiger charge is -2.03. The van der Waals surface area contributed by atoms with Crippen LogP contribution in [0.3, 0.4) is 0 Å². The number of rotatable bonds is 12. The number of benzene rings is 3. The molecule has 0 saturated heterocycles. The van der Waals surface area contributed by atoms with Gasteiger partial charge >= 0.3 is 0 Å². The van der Waals surface area contributed by atoms with Crippen molar-refractivity contribution in [3.05, 3.63) is 90.3 Å². The lowest BCUT2D eigenvalue weighted by molar-refractivity contribution is -0.127. The fourth-order valence-electron chi connectivity index (χ4n) is 3.94. The number of phenolic OH excluding ortho intramolecular Hbond substituents is 6. The van der Waals surface area contributed by atoms with Gasteiger partial charge in [-0.1, -0.05) is 35.3 Å². The topological polar surface area (TPSA) is 305 Å². The lowest BCUT2D eigenvalue weighted by Crippen LogP contribution is -2.17. The number of thioether (sulfide) groups is 3. The maximum absolute atomic E-state index is 11.8. The summed E-state index contributed by atoms with van der Waals surface area (Å²) >= 11 is 3.79. The van der Waals surface area contributed by atoms with E-state index in [9.17, 15) is 39.3 Å². The second-order valence-electron chi connectivity index (χ2n) is 13.7. The number of phenols is 6. The zero-order chi connectivity index (χ0) is 49.7. The van der Waals surface area contributed by atoms with Crippen molar-refractivity contribution in [3.8, 4) is 34.5 Å². The third-order valence-electron chi connectivity index (χ3n) is 8.16. The van der Waals surface area contributed by atoms with Crippen LogP contribution in [0.2, 0.25) is 0 Å². The van der Waals surface area contributed by atoms with E-state index in [2.05, 4.69) is 30.6 Å². The summed E-state index contributed by atoms with van der Waals surface area (Å²) in [7, 11) is 12.3. The number of carbonyl (C=O) groups excluding carboxylic acids is 5. The summed E-state index contributed by atoms with van der Waals surface area (Å²) in [6.45, 7) is 3.06. The first kappa shape index (κ1) is 55.0. The van der Waals surface area contributed by atoms with E-state index in [1.165, 1.54) is 114 Å². The van der Waals surface area contributed by atoms with Crippen LogP contribution in [0.15, 0.2) is 89.0 Å². The van der Waals surface area contributed by atoms with Crippen molar-refractivity contribution in [1.82, 2.24) is 54.1 Å². The number of aromatic hydroxyl groups is 6. The molecule has 0 unspecified atom stereocenters. The Morgan fingerprint density at radius 1 is 0.455 bits per heavy atom. The van der Waals surface area contributed by atoms with E-state index in [4.69, 9.17) is 15.3 Å². The van der Waals surface area contributed by atoms with E-state index >= 15 is 0 Å². The summed E-state index contributed by atoms with van der Waals surface area (Å²) in [6.07, 6.45) is 4.66. The SMILES string of the molecule is CC(=O)N(C)C.CC(=O)N(C)C.Cn1cnnc1SCC(=O)c1ccc(O)c(O)c1.Cn1cnnc1SCC(=O)c1ccc(O)c(O)c1.Cn1cnnc1SCC(=O)c1ccc(O)c(O)c1. The smallest absolute Gasteiger partial charge is 0.218 e. The largest absolute Gasteiger partial charge is 0.504 e. The zero-order valence-electron chi connectivity index (χ0n) is 37.4. The molecule has 0 saturated carbocycles. The number of aromatic nitrogens is 9. The summed E-state index contributed by atoms with van der Waals surface area (Å²) < 4.78 is 5.14. The Balaban J connectivity index is 0.000000302. The third-order valence-corrected chi connectivity index (χ3v) is 11.3. The molecule has 354 valence electrons. The van der Waals surface area contributed by atoms with Crippen molar-refractivity contribution in [3.63, 3.8) is 0 Å². The molecule has 0 bridgehead atoms. The summed E-state index contributed by atoms with van der Waals surface area (Å²) in [4.78, 5) is 58.7. The Morgan fingerprint density at radius 3 is 0.848 bits per heavy atom. The highest BCUT2D eigenvalue weighted by Gasteiger charge is 2.14. The number of nitrogens with zero attached hydrogens (tertiary/aromatic N) is 11. The van der Waals surface area contributed by atoms with Crippen LogP contribution >= 0.6 is 35.3 Å². The van der Waals surface area contributed by atoms with Gasteiger partial charge in [0, 0.05) is 79.9 Å². The van der Waals surface area contributed by atoms with E-state index in [0.717, 1.165) is 0 Å². The first-order valence-electron chi connectivity index (χ1n) is 18.9. The molecule has 6 rings (SSSR count). The minimum Gasteiger partial charge on any atom is -0.504 e. The summed E-state index contributed by atoms with van der Waals surface area (Å²) in [6, 6.07) is 12.0. The molecule has 0 aliphatic carbocycles. The number of hydrogen-bond donors (Lipinski definition) is 6. The molecule has 22 nitrogen and oxygen atoms in total. The number of ketones is 3. The fourth-order valence-corrected chi connectivity index (χ4v) is 6.29. The number of amides is 2. The van der Waals surface area contributed by atoms with Gasteiger partial charge < -0.3 is 54.1 Å². The highest BCUT2D eigenvalue weighted by atomic mass is 32.2. The van der Waals surface area contributed by atoms with Crippen LogP contribution in [0.4, 0.5) is 0 Å². The predicted octanol–water partition coefficient (Wildman–Crippen LogP) is 3.79. The molecule has 0 fully saturated rings. The Morgan fingerprint density at radius 2 is 0.682 bits per heavy atom. The Labute approximate surface area is 392 Å². The van der Waals surface area contributed by atoms with Crippen LogP contribution in [-0.2, 0) is 30.7 Å². The first-order valence-corrected chi connectivity index (χ1v) is 21.9. The maximum atomic E-state index is 11.8. The van der Waals surface area contributed by atoms with Gasteiger partial charge in [0.25, 0.3) is 0 Å². The van der Waals surface area contributed by atoms with Crippen molar-refractivity contribution in [2.24, 2.45) is 21.1 Å². The van der Waals surface area contributed by atoms with Gasteiger partial charge in [0.05, 0.1) is 17.3 Å². The minimum absolute atomic E-state index is 0.0926. The lowest BCUT2D eigenvalue weighted by atomic mass is 10.1. The number of hydrogen-bond acceptors (Lipinski definition) is 20. The quantitative estimate of drug-likeness (QED) is 0.0577. The van der Waals surface area contributed by atoms with Gasteiger partial charge in [-0.2, -0.15) is 0 Å². The van der Waals surface area contributed by atoms with Crippen LogP contribution in [0.1, 0.15) is 44.9 Å². The third kappa shape index (κ3) is 18.9. The highest BCUT2D eigenvalue weighted by molar-refractivity contribution is 8.00. The van der Waals surface area contributed by atoms with Crippen LogP contribution in [-0.4, -0.2) is 159 Å². The first-order chi connectivity index (χ1) is 31.0. The van der Waals surface area contributed by atoms with Gasteiger partial charge in [0.2, 0.25) is 11.8 Å². The molecule has 0 radical (unpaired) electrons. The molecular weight excluding hydrogens is 919 g/mol. The molecule has 3 aromatic heterocycles. The van der Waals surface area contributed by atoms with Crippen molar-refractivity contribution < 1.29 is 54.6 Å². The second kappa shape index (κ2) is 27.3. The molecule has 6 N–H and O–H groups in total. The molecule has 0 atom stereocenters. The Kier molecular flexibility index (Phi) is 22.7. The Hall–Kier alpha value is -7.12. The van der Waals surface area contributed by atoms with Crippen LogP contribution in [0.25, 0.3) is 0 Å². The van der Waals surface area contributed by atoms with Gasteiger partial charge in [0.15, 0.2) is 67.3 Å². The Bertz CT molecular complexity index is 2300. The van der Waals surface area contributed by atoms with Gasteiger partial charge in [-0.05, 0) is 54.6 Å². The van der Waals surface area contributed by atoms with Crippen molar-refractivity contribution in [1.29, 1.82) is 0 Å². The van der Waals surface area contributed by atoms with E-state index in [-0.39, 0.29) is 80.9 Å². The van der Waals surface area contributed by atoms with Crippen molar-refractivity contribution >= 4 is 64.4 Å². The van der Waals surface area contributed by atoms with E-state index < -0.39 is 0 Å². The van der Waals surface area contributed by atoms with E-state index in [1.807, 2.05) is 0 Å². The average molecular weight is 970 g/mol. The molecule has 0 aliphatic rings. The zero-order valence-corrected chi connectivity index (χ0v) is 39.9. The normalized spacial score (nSPS) is 10.0. The van der Waals surface area contributed by atoms with E-state index in [1.54, 1.807) is 82.0 Å². The minimum atomic E-state index is -0.301. The number of aryl methyl sites for hydroxylation is 3. The van der Waals surface area contributed by atoms with Gasteiger partial charge in [-0.25, -0.2) is 0 Å². The van der Waals surface area contributed by atoms with Crippen LogP contribution < -0.4 is 0 Å².